The van der Waals surface area contributed by atoms with Crippen LogP contribution in [0.3, 0.4) is 0 Å². The van der Waals surface area contributed by atoms with Crippen LogP contribution in [0.1, 0.15) is 10.4 Å². The molecule has 2 aliphatic heterocycles. The smallest absolute Gasteiger partial charge is 0.255 e. The van der Waals surface area contributed by atoms with Gasteiger partial charge in [-0.1, -0.05) is 11.3 Å². The average molecular weight is 410 g/mol. The first-order chi connectivity index (χ1) is 14.2. The molecular formula is C21H22N4O3S. The van der Waals surface area contributed by atoms with Gasteiger partial charge in [0.25, 0.3) is 5.91 Å². The molecule has 0 radical (unpaired) electrons. The van der Waals surface area contributed by atoms with Crippen LogP contribution >= 0.6 is 11.3 Å². The minimum atomic E-state index is -0.176. The number of likely N-dealkylation sites (N-methyl/N-ethyl adjacent to an activating group) is 1. The van der Waals surface area contributed by atoms with E-state index >= 15 is 0 Å². The van der Waals surface area contributed by atoms with Gasteiger partial charge in [0.1, 0.15) is 13.2 Å². The molecule has 1 amide bonds. The number of carbonyl (C=O) groups is 1. The summed E-state index contributed by atoms with van der Waals surface area (Å²) in [7, 11) is 2.15. The Kier molecular flexibility index (Phi) is 4.73. The molecule has 0 unspecified atom stereocenters. The van der Waals surface area contributed by atoms with Crippen LogP contribution in [0, 0.1) is 0 Å². The summed E-state index contributed by atoms with van der Waals surface area (Å²) in [6.45, 7) is 5.10. The molecular weight excluding hydrogens is 388 g/mol. The van der Waals surface area contributed by atoms with Crippen LogP contribution in [-0.4, -0.2) is 62.2 Å². The third kappa shape index (κ3) is 3.73. The van der Waals surface area contributed by atoms with Crippen LogP contribution in [-0.2, 0) is 0 Å². The van der Waals surface area contributed by atoms with Crippen molar-refractivity contribution in [3.63, 3.8) is 0 Å². The molecule has 0 spiro atoms. The van der Waals surface area contributed by atoms with E-state index in [1.807, 2.05) is 18.2 Å². The average Bonchev–Trinajstić information content (AvgIpc) is 3.17. The van der Waals surface area contributed by atoms with E-state index in [0.717, 1.165) is 47.2 Å². The predicted octanol–water partition coefficient (Wildman–Crippen LogP) is 3.07. The topological polar surface area (TPSA) is 66.9 Å². The van der Waals surface area contributed by atoms with E-state index in [1.54, 1.807) is 29.5 Å². The number of fused-ring (bicyclic) bond motifs is 2. The second-order valence-electron chi connectivity index (χ2n) is 7.28. The van der Waals surface area contributed by atoms with Crippen molar-refractivity contribution in [1.82, 2.24) is 9.88 Å². The number of ether oxygens (including phenoxy) is 2. The Bertz CT molecular complexity index is 1060. The Hall–Kier alpha value is -2.84. The molecule has 3 aromatic rings. The third-order valence-electron chi connectivity index (χ3n) is 5.21. The molecule has 0 aliphatic carbocycles. The molecule has 29 heavy (non-hydrogen) atoms. The molecule has 1 saturated heterocycles. The van der Waals surface area contributed by atoms with Crippen molar-refractivity contribution in [3.8, 4) is 11.5 Å². The molecule has 8 heteroatoms. The van der Waals surface area contributed by atoms with E-state index in [9.17, 15) is 4.79 Å². The van der Waals surface area contributed by atoms with Crippen LogP contribution in [0.25, 0.3) is 10.2 Å². The largest absolute Gasteiger partial charge is 0.486 e. The minimum Gasteiger partial charge on any atom is -0.486 e. The van der Waals surface area contributed by atoms with Crippen molar-refractivity contribution in [2.75, 3.05) is 56.7 Å². The van der Waals surface area contributed by atoms with Crippen LogP contribution in [0.15, 0.2) is 36.4 Å². The zero-order chi connectivity index (χ0) is 19.8. The maximum Gasteiger partial charge on any atom is 0.255 e. The fourth-order valence-corrected chi connectivity index (χ4v) is 4.57. The number of aromatic nitrogens is 1. The van der Waals surface area contributed by atoms with E-state index < -0.39 is 0 Å². The molecule has 7 nitrogen and oxygen atoms in total. The molecule has 1 aromatic heterocycles. The van der Waals surface area contributed by atoms with E-state index in [4.69, 9.17) is 14.5 Å². The first-order valence-corrected chi connectivity index (χ1v) is 10.5. The van der Waals surface area contributed by atoms with Crippen LogP contribution in [0.5, 0.6) is 11.5 Å². The number of amides is 1. The minimum absolute atomic E-state index is 0.176. The number of rotatable bonds is 3. The van der Waals surface area contributed by atoms with E-state index in [0.29, 0.717) is 30.3 Å². The van der Waals surface area contributed by atoms with Crippen LogP contribution in [0.2, 0.25) is 0 Å². The van der Waals surface area contributed by atoms with Crippen molar-refractivity contribution in [3.05, 3.63) is 42.0 Å². The number of benzene rings is 2. The Morgan fingerprint density at radius 3 is 2.66 bits per heavy atom. The lowest BCUT2D eigenvalue weighted by atomic mass is 10.1. The normalized spacial score (nSPS) is 16.8. The zero-order valence-corrected chi connectivity index (χ0v) is 17.0. The maximum absolute atomic E-state index is 12.7. The van der Waals surface area contributed by atoms with Crippen LogP contribution in [0.4, 0.5) is 10.8 Å². The summed E-state index contributed by atoms with van der Waals surface area (Å²) in [6, 6.07) is 11.1. The highest BCUT2D eigenvalue weighted by Crippen LogP contribution is 2.33. The fraction of sp³-hybridized carbons (Fsp3) is 0.333. The van der Waals surface area contributed by atoms with Gasteiger partial charge in [-0.15, -0.1) is 0 Å². The lowest BCUT2D eigenvalue weighted by molar-refractivity contribution is 0.102. The Labute approximate surface area is 172 Å². The number of hydrogen-bond donors (Lipinski definition) is 1. The number of thiazole rings is 1. The number of nitrogens with zero attached hydrogens (tertiary/aromatic N) is 3. The summed E-state index contributed by atoms with van der Waals surface area (Å²) in [5.41, 5.74) is 2.25. The second kappa shape index (κ2) is 7.53. The standard InChI is InChI=1S/C21H22N4O3S/c1-24-6-8-25(9-7-24)21-23-16-4-3-15(13-19(16)29-21)22-20(26)14-2-5-17-18(12-14)28-11-10-27-17/h2-5,12-13H,6-11H2,1H3,(H,22,26). The first-order valence-electron chi connectivity index (χ1n) is 9.71. The maximum atomic E-state index is 12.7. The van der Waals surface area contributed by atoms with Gasteiger partial charge < -0.3 is 24.6 Å². The second-order valence-corrected chi connectivity index (χ2v) is 8.29. The highest BCUT2D eigenvalue weighted by molar-refractivity contribution is 7.22. The third-order valence-corrected chi connectivity index (χ3v) is 6.29. The summed E-state index contributed by atoms with van der Waals surface area (Å²) in [5, 5.41) is 4.02. The summed E-state index contributed by atoms with van der Waals surface area (Å²) in [6.07, 6.45) is 0. The van der Waals surface area contributed by atoms with Gasteiger partial charge in [-0.25, -0.2) is 4.98 Å². The highest BCUT2D eigenvalue weighted by Gasteiger charge is 2.18. The van der Waals surface area contributed by atoms with Crippen molar-refractivity contribution >= 4 is 38.3 Å². The lowest BCUT2D eigenvalue weighted by Crippen LogP contribution is -2.44. The van der Waals surface area contributed by atoms with Gasteiger partial charge in [0.2, 0.25) is 0 Å². The van der Waals surface area contributed by atoms with Gasteiger partial charge in [-0.3, -0.25) is 4.79 Å². The van der Waals surface area contributed by atoms with E-state index in [-0.39, 0.29) is 5.91 Å². The Morgan fingerprint density at radius 1 is 1.03 bits per heavy atom. The molecule has 0 bridgehead atoms. The van der Waals surface area contributed by atoms with Crippen molar-refractivity contribution < 1.29 is 14.3 Å². The van der Waals surface area contributed by atoms with E-state index in [1.165, 1.54) is 0 Å². The van der Waals surface area contributed by atoms with Gasteiger partial charge in [0, 0.05) is 37.4 Å². The summed E-state index contributed by atoms with van der Waals surface area (Å²) in [5.74, 6) is 1.11. The number of piperazine rings is 1. The number of hydrogen-bond acceptors (Lipinski definition) is 7. The lowest BCUT2D eigenvalue weighted by Gasteiger charge is -2.31. The fourth-order valence-electron chi connectivity index (χ4n) is 3.51. The monoisotopic (exact) mass is 410 g/mol. The van der Waals surface area contributed by atoms with Crippen molar-refractivity contribution in [1.29, 1.82) is 0 Å². The van der Waals surface area contributed by atoms with Gasteiger partial charge in [-0.2, -0.15) is 0 Å². The van der Waals surface area contributed by atoms with Gasteiger partial charge >= 0.3 is 0 Å². The number of anilines is 2. The van der Waals surface area contributed by atoms with Crippen molar-refractivity contribution in [2.24, 2.45) is 0 Å². The molecule has 1 fully saturated rings. The summed E-state index contributed by atoms with van der Waals surface area (Å²) < 4.78 is 12.2. The molecule has 0 atom stereocenters. The summed E-state index contributed by atoms with van der Waals surface area (Å²) >= 11 is 1.67. The molecule has 2 aliphatic rings. The van der Waals surface area contributed by atoms with Gasteiger partial charge in [-0.05, 0) is 43.4 Å². The Morgan fingerprint density at radius 2 is 1.83 bits per heavy atom. The molecule has 150 valence electrons. The SMILES string of the molecule is CN1CCN(c2nc3ccc(NC(=O)c4ccc5c(c4)OCCO5)cc3s2)CC1. The predicted molar refractivity (Wildman–Crippen MR) is 115 cm³/mol. The molecule has 1 N–H and O–H groups in total. The first kappa shape index (κ1) is 18.2. The van der Waals surface area contributed by atoms with E-state index in [2.05, 4.69) is 22.2 Å². The number of nitrogens with one attached hydrogen (secondary N) is 1. The van der Waals surface area contributed by atoms with Gasteiger partial charge in [0.15, 0.2) is 16.6 Å². The quantitative estimate of drug-likeness (QED) is 0.716. The Balaban J connectivity index is 1.33. The molecule has 0 saturated carbocycles. The zero-order valence-electron chi connectivity index (χ0n) is 16.2. The molecule has 2 aromatic carbocycles. The van der Waals surface area contributed by atoms with Crippen molar-refractivity contribution in [2.45, 2.75) is 0 Å². The highest BCUT2D eigenvalue weighted by atomic mass is 32.1. The summed E-state index contributed by atoms with van der Waals surface area (Å²) in [4.78, 5) is 22.1. The molecule has 5 rings (SSSR count). The molecule has 3 heterocycles. The number of carbonyl (C=O) groups excluding carboxylic acids is 1. The van der Waals surface area contributed by atoms with Crippen LogP contribution < -0.4 is 19.7 Å². The van der Waals surface area contributed by atoms with Gasteiger partial charge in [0.05, 0.1) is 10.2 Å².